The summed E-state index contributed by atoms with van der Waals surface area (Å²) >= 11 is 0. The van der Waals surface area contributed by atoms with Crippen LogP contribution in [0, 0.1) is 5.82 Å². The van der Waals surface area contributed by atoms with E-state index in [0.717, 1.165) is 6.08 Å². The van der Waals surface area contributed by atoms with Crippen LogP contribution in [0.15, 0.2) is 48.5 Å². The van der Waals surface area contributed by atoms with Crippen LogP contribution in [0.25, 0.3) is 6.08 Å². The third kappa shape index (κ3) is 4.83. The second-order valence-electron chi connectivity index (χ2n) is 5.40. The molecule has 0 spiro atoms. The molecule has 0 radical (unpaired) electrons. The van der Waals surface area contributed by atoms with Gasteiger partial charge < -0.3 is 19.5 Å². The van der Waals surface area contributed by atoms with Gasteiger partial charge in [-0.15, -0.1) is 0 Å². The van der Waals surface area contributed by atoms with Crippen LogP contribution in [-0.4, -0.2) is 31.7 Å². The summed E-state index contributed by atoms with van der Waals surface area (Å²) < 4.78 is 28.7. The Morgan fingerprint density at radius 1 is 1.12 bits per heavy atom. The van der Waals surface area contributed by atoms with Gasteiger partial charge in [-0.3, -0.25) is 4.79 Å². The Kier molecular flexibility index (Phi) is 5.48. The van der Waals surface area contributed by atoms with Crippen LogP contribution >= 0.6 is 0 Å². The number of hydrogen-bond donors (Lipinski definition) is 1. The highest BCUT2D eigenvalue weighted by atomic mass is 19.1. The number of amides is 1. The molecule has 0 saturated heterocycles. The molecule has 1 amide bonds. The second kappa shape index (κ2) is 8.15. The molecule has 1 aliphatic rings. The van der Waals surface area contributed by atoms with E-state index in [1.807, 2.05) is 0 Å². The second-order valence-corrected chi connectivity index (χ2v) is 5.40. The smallest absolute Gasteiger partial charge is 0.331 e. The molecule has 0 aliphatic carbocycles. The van der Waals surface area contributed by atoms with Gasteiger partial charge in [-0.1, -0.05) is 12.1 Å². The molecule has 0 atom stereocenters. The van der Waals surface area contributed by atoms with Crippen molar-refractivity contribution in [3.05, 3.63) is 59.9 Å². The Bertz CT molecular complexity index is 850. The molecular formula is C19H16FNO5. The largest absolute Gasteiger partial charge is 0.486 e. The zero-order valence-electron chi connectivity index (χ0n) is 13.7. The van der Waals surface area contributed by atoms with E-state index in [-0.39, 0.29) is 0 Å². The lowest BCUT2D eigenvalue weighted by Gasteiger charge is -2.18. The summed E-state index contributed by atoms with van der Waals surface area (Å²) in [6.45, 7) is 0.484. The van der Waals surface area contributed by atoms with Crippen molar-refractivity contribution < 1.29 is 28.2 Å². The standard InChI is InChI=1S/C19H16FNO5/c20-14-3-1-2-13(10-14)4-7-19(23)26-12-18(22)21-15-5-6-16-17(11-15)25-9-8-24-16/h1-7,10-11H,8-9,12H2,(H,21,22). The predicted molar refractivity (Wildman–Crippen MR) is 92.5 cm³/mol. The maximum atomic E-state index is 13.0. The first-order valence-electron chi connectivity index (χ1n) is 7.90. The number of carbonyl (C=O) groups is 2. The number of ether oxygens (including phenoxy) is 3. The molecule has 0 saturated carbocycles. The third-order valence-corrected chi connectivity index (χ3v) is 3.43. The lowest BCUT2D eigenvalue weighted by atomic mass is 10.2. The summed E-state index contributed by atoms with van der Waals surface area (Å²) in [5.74, 6) is -0.438. The Balaban J connectivity index is 1.48. The van der Waals surface area contributed by atoms with Gasteiger partial charge in [-0.05, 0) is 35.9 Å². The fourth-order valence-electron chi connectivity index (χ4n) is 2.28. The van der Waals surface area contributed by atoms with Crippen LogP contribution in [0.2, 0.25) is 0 Å². The first-order valence-corrected chi connectivity index (χ1v) is 7.90. The minimum Gasteiger partial charge on any atom is -0.486 e. The van der Waals surface area contributed by atoms with Gasteiger partial charge >= 0.3 is 5.97 Å². The van der Waals surface area contributed by atoms with Crippen molar-refractivity contribution >= 4 is 23.6 Å². The highest BCUT2D eigenvalue weighted by molar-refractivity contribution is 5.94. The van der Waals surface area contributed by atoms with Crippen molar-refractivity contribution in [2.75, 3.05) is 25.1 Å². The predicted octanol–water partition coefficient (Wildman–Crippen LogP) is 2.79. The number of carbonyl (C=O) groups excluding carboxylic acids is 2. The Hall–Kier alpha value is -3.35. The summed E-state index contributed by atoms with van der Waals surface area (Å²) in [7, 11) is 0. The highest BCUT2D eigenvalue weighted by Crippen LogP contribution is 2.32. The van der Waals surface area contributed by atoms with E-state index in [0.29, 0.717) is 36.0 Å². The maximum Gasteiger partial charge on any atom is 0.331 e. The average molecular weight is 357 g/mol. The maximum absolute atomic E-state index is 13.0. The van der Waals surface area contributed by atoms with Gasteiger partial charge in [0.15, 0.2) is 18.1 Å². The van der Waals surface area contributed by atoms with Gasteiger partial charge in [0.1, 0.15) is 19.0 Å². The topological polar surface area (TPSA) is 73.9 Å². The number of rotatable bonds is 5. The molecule has 134 valence electrons. The van der Waals surface area contributed by atoms with Crippen molar-refractivity contribution in [3.63, 3.8) is 0 Å². The summed E-state index contributed by atoms with van der Waals surface area (Å²) in [6.07, 6.45) is 2.54. The van der Waals surface area contributed by atoms with Crippen LogP contribution in [-0.2, 0) is 14.3 Å². The molecule has 2 aromatic carbocycles. The number of hydrogen-bond acceptors (Lipinski definition) is 5. The fourth-order valence-corrected chi connectivity index (χ4v) is 2.28. The molecule has 2 aromatic rings. The molecular weight excluding hydrogens is 341 g/mol. The van der Waals surface area contributed by atoms with Crippen LogP contribution in [0.1, 0.15) is 5.56 Å². The van der Waals surface area contributed by atoms with Crippen molar-refractivity contribution in [2.24, 2.45) is 0 Å². The first kappa shape index (κ1) is 17.5. The quantitative estimate of drug-likeness (QED) is 0.658. The van der Waals surface area contributed by atoms with E-state index >= 15 is 0 Å². The minimum absolute atomic E-state index is 0.403. The Labute approximate surface area is 149 Å². The fraction of sp³-hybridized carbons (Fsp3) is 0.158. The van der Waals surface area contributed by atoms with E-state index in [2.05, 4.69) is 5.32 Å². The molecule has 0 unspecified atom stereocenters. The number of benzene rings is 2. The number of esters is 1. The van der Waals surface area contributed by atoms with Gasteiger partial charge in [-0.2, -0.15) is 0 Å². The molecule has 26 heavy (non-hydrogen) atoms. The monoisotopic (exact) mass is 357 g/mol. The summed E-state index contributed by atoms with van der Waals surface area (Å²) in [5, 5.41) is 2.60. The van der Waals surface area contributed by atoms with Crippen LogP contribution < -0.4 is 14.8 Å². The van der Waals surface area contributed by atoms with Gasteiger partial charge in [-0.25, -0.2) is 9.18 Å². The Morgan fingerprint density at radius 2 is 1.92 bits per heavy atom. The average Bonchev–Trinajstić information content (AvgIpc) is 2.65. The van der Waals surface area contributed by atoms with E-state index in [9.17, 15) is 14.0 Å². The Morgan fingerprint density at radius 3 is 2.73 bits per heavy atom. The molecule has 1 aliphatic heterocycles. The molecule has 7 heteroatoms. The lowest BCUT2D eigenvalue weighted by molar-refractivity contribution is -0.142. The molecule has 0 bridgehead atoms. The van der Waals surface area contributed by atoms with E-state index < -0.39 is 24.3 Å². The first-order chi connectivity index (χ1) is 12.6. The van der Waals surface area contributed by atoms with E-state index in [1.165, 1.54) is 24.3 Å². The van der Waals surface area contributed by atoms with Crippen LogP contribution in [0.5, 0.6) is 11.5 Å². The molecule has 1 N–H and O–H groups in total. The normalized spacial score (nSPS) is 12.7. The SMILES string of the molecule is O=C(COC(=O)C=Cc1cccc(F)c1)Nc1ccc2c(c1)OCCO2. The van der Waals surface area contributed by atoms with Crippen molar-refractivity contribution in [1.29, 1.82) is 0 Å². The lowest BCUT2D eigenvalue weighted by Crippen LogP contribution is -2.20. The van der Waals surface area contributed by atoms with Gasteiger partial charge in [0.25, 0.3) is 5.91 Å². The zero-order chi connectivity index (χ0) is 18.4. The van der Waals surface area contributed by atoms with Gasteiger partial charge in [0.05, 0.1) is 0 Å². The van der Waals surface area contributed by atoms with Crippen LogP contribution in [0.3, 0.4) is 0 Å². The number of anilines is 1. The molecule has 1 heterocycles. The zero-order valence-corrected chi connectivity index (χ0v) is 13.7. The highest BCUT2D eigenvalue weighted by Gasteiger charge is 2.13. The molecule has 0 aromatic heterocycles. The van der Waals surface area contributed by atoms with Crippen LogP contribution in [0.4, 0.5) is 10.1 Å². The van der Waals surface area contributed by atoms with Crippen molar-refractivity contribution in [1.82, 2.24) is 0 Å². The van der Waals surface area contributed by atoms with Crippen molar-refractivity contribution in [2.45, 2.75) is 0 Å². The van der Waals surface area contributed by atoms with Gasteiger partial charge in [0, 0.05) is 17.8 Å². The van der Waals surface area contributed by atoms with Gasteiger partial charge in [0.2, 0.25) is 0 Å². The number of nitrogens with one attached hydrogen (secondary N) is 1. The van der Waals surface area contributed by atoms with Crippen molar-refractivity contribution in [3.8, 4) is 11.5 Å². The number of fused-ring (bicyclic) bond motifs is 1. The minimum atomic E-state index is -0.702. The molecule has 6 nitrogen and oxygen atoms in total. The van der Waals surface area contributed by atoms with E-state index in [4.69, 9.17) is 14.2 Å². The molecule has 0 fully saturated rings. The number of halogens is 1. The third-order valence-electron chi connectivity index (χ3n) is 3.43. The summed E-state index contributed by atoms with van der Waals surface area (Å²) in [5.41, 5.74) is 1.02. The summed E-state index contributed by atoms with van der Waals surface area (Å²) in [6, 6.07) is 10.7. The van der Waals surface area contributed by atoms with E-state index in [1.54, 1.807) is 24.3 Å². The summed E-state index contributed by atoms with van der Waals surface area (Å²) in [4.78, 5) is 23.5. The molecule has 3 rings (SSSR count).